The lowest BCUT2D eigenvalue weighted by atomic mass is 10.2. The average molecular weight is 298 g/mol. The minimum atomic E-state index is -4.64. The van der Waals surface area contributed by atoms with Gasteiger partial charge < -0.3 is 10.3 Å². The predicted molar refractivity (Wildman–Crippen MR) is 71.2 cm³/mol. The number of rotatable bonds is 4. The van der Waals surface area contributed by atoms with E-state index in [1.807, 2.05) is 0 Å². The van der Waals surface area contributed by atoms with E-state index in [1.165, 1.54) is 6.07 Å². The molecule has 2 aromatic heterocycles. The van der Waals surface area contributed by atoms with Crippen molar-refractivity contribution in [2.24, 2.45) is 5.84 Å². The second kappa shape index (κ2) is 5.92. The first-order valence-corrected chi connectivity index (χ1v) is 5.93. The molecule has 21 heavy (non-hydrogen) atoms. The van der Waals surface area contributed by atoms with Crippen molar-refractivity contribution in [3.8, 4) is 0 Å². The fraction of sp³-hybridized carbons (Fsp3) is 0.250. The number of hydrogen-bond acceptors (Lipinski definition) is 6. The highest BCUT2D eigenvalue weighted by atomic mass is 19.4. The smallest absolute Gasteiger partial charge is 0.355 e. The molecule has 0 spiro atoms. The van der Waals surface area contributed by atoms with Crippen molar-refractivity contribution < 1.29 is 13.2 Å². The average Bonchev–Trinajstić information content (AvgIpc) is 2.46. The van der Waals surface area contributed by atoms with Crippen LogP contribution in [0.4, 0.5) is 24.8 Å². The zero-order valence-electron chi connectivity index (χ0n) is 11.1. The Labute approximate surface area is 118 Å². The number of nitrogen functional groups attached to an aromatic ring is 1. The van der Waals surface area contributed by atoms with Crippen LogP contribution in [-0.4, -0.2) is 22.0 Å². The van der Waals surface area contributed by atoms with Gasteiger partial charge in [0.15, 0.2) is 0 Å². The van der Waals surface area contributed by atoms with Gasteiger partial charge in [0.1, 0.15) is 11.6 Å². The second-order valence-electron chi connectivity index (χ2n) is 4.29. The number of pyridine rings is 1. The number of nitrogens with zero attached hydrogens (tertiary/aromatic N) is 4. The molecule has 2 rings (SSSR count). The van der Waals surface area contributed by atoms with Gasteiger partial charge >= 0.3 is 6.18 Å². The van der Waals surface area contributed by atoms with Gasteiger partial charge in [-0.2, -0.15) is 13.2 Å². The number of aromatic nitrogens is 3. The Morgan fingerprint density at radius 3 is 2.48 bits per heavy atom. The minimum Gasteiger partial charge on any atom is -0.355 e. The molecule has 0 saturated heterocycles. The first-order chi connectivity index (χ1) is 9.90. The summed E-state index contributed by atoms with van der Waals surface area (Å²) in [6.07, 6.45) is -1.42. The summed E-state index contributed by atoms with van der Waals surface area (Å²) in [5, 5.41) is 0. The van der Waals surface area contributed by atoms with Crippen LogP contribution in [0, 0.1) is 0 Å². The van der Waals surface area contributed by atoms with Gasteiger partial charge in [-0.3, -0.25) is 4.98 Å². The highest BCUT2D eigenvalue weighted by Crippen LogP contribution is 2.29. The first kappa shape index (κ1) is 15.0. The molecule has 0 aliphatic carbocycles. The lowest BCUT2D eigenvalue weighted by Crippen LogP contribution is -2.22. The number of anilines is 2. The lowest BCUT2D eigenvalue weighted by molar-refractivity contribution is -0.144. The van der Waals surface area contributed by atoms with E-state index in [2.05, 4.69) is 20.4 Å². The molecule has 9 heteroatoms. The second-order valence-corrected chi connectivity index (χ2v) is 4.29. The van der Waals surface area contributed by atoms with Crippen LogP contribution in [0.5, 0.6) is 0 Å². The number of hydrogen-bond donors (Lipinski definition) is 2. The molecule has 0 unspecified atom stereocenters. The minimum absolute atomic E-state index is 0.103. The maximum Gasteiger partial charge on any atom is 0.451 e. The SMILES string of the molecule is CN(Cc1ccncc1)c1cc(NN)nc(C(F)(F)F)n1. The highest BCUT2D eigenvalue weighted by molar-refractivity contribution is 5.49. The van der Waals surface area contributed by atoms with Crippen molar-refractivity contribution >= 4 is 11.6 Å². The van der Waals surface area contributed by atoms with E-state index in [0.717, 1.165) is 5.56 Å². The summed E-state index contributed by atoms with van der Waals surface area (Å²) in [7, 11) is 1.63. The van der Waals surface area contributed by atoms with Gasteiger partial charge in [0.25, 0.3) is 0 Å². The summed E-state index contributed by atoms with van der Waals surface area (Å²) in [6, 6.07) is 4.88. The van der Waals surface area contributed by atoms with Gasteiger partial charge in [-0.05, 0) is 17.7 Å². The molecule has 6 nitrogen and oxygen atoms in total. The maximum atomic E-state index is 12.8. The number of nitrogens with two attached hydrogens (primary N) is 1. The fourth-order valence-electron chi connectivity index (χ4n) is 1.67. The van der Waals surface area contributed by atoms with E-state index < -0.39 is 12.0 Å². The Balaban J connectivity index is 2.30. The van der Waals surface area contributed by atoms with E-state index in [1.54, 1.807) is 36.5 Å². The van der Waals surface area contributed by atoms with Gasteiger partial charge in [0, 0.05) is 32.1 Å². The highest BCUT2D eigenvalue weighted by Gasteiger charge is 2.35. The van der Waals surface area contributed by atoms with Gasteiger partial charge in [-0.15, -0.1) is 0 Å². The van der Waals surface area contributed by atoms with Gasteiger partial charge in [-0.25, -0.2) is 15.8 Å². The third-order valence-corrected chi connectivity index (χ3v) is 2.67. The van der Waals surface area contributed by atoms with Crippen LogP contribution in [-0.2, 0) is 12.7 Å². The normalized spacial score (nSPS) is 11.3. The fourth-order valence-corrected chi connectivity index (χ4v) is 1.67. The van der Waals surface area contributed by atoms with Crippen molar-refractivity contribution in [2.45, 2.75) is 12.7 Å². The molecule has 0 fully saturated rings. The zero-order chi connectivity index (χ0) is 15.5. The van der Waals surface area contributed by atoms with E-state index >= 15 is 0 Å². The molecule has 0 aliphatic rings. The van der Waals surface area contributed by atoms with E-state index in [4.69, 9.17) is 5.84 Å². The molecule has 0 aliphatic heterocycles. The summed E-state index contributed by atoms with van der Waals surface area (Å²) >= 11 is 0. The van der Waals surface area contributed by atoms with Crippen LogP contribution in [0.25, 0.3) is 0 Å². The number of nitrogens with one attached hydrogen (secondary N) is 1. The Morgan fingerprint density at radius 2 is 1.90 bits per heavy atom. The van der Waals surface area contributed by atoms with Gasteiger partial charge in [0.05, 0.1) is 0 Å². The summed E-state index contributed by atoms with van der Waals surface area (Å²) < 4.78 is 38.3. The van der Waals surface area contributed by atoms with Crippen LogP contribution < -0.4 is 16.2 Å². The Morgan fingerprint density at radius 1 is 1.24 bits per heavy atom. The van der Waals surface area contributed by atoms with Crippen molar-refractivity contribution in [1.29, 1.82) is 0 Å². The molecule has 3 N–H and O–H groups in total. The van der Waals surface area contributed by atoms with E-state index in [9.17, 15) is 13.2 Å². The number of halogens is 3. The molecule has 0 saturated carbocycles. The largest absolute Gasteiger partial charge is 0.451 e. The summed E-state index contributed by atoms with van der Waals surface area (Å²) in [4.78, 5) is 12.3. The molecular weight excluding hydrogens is 285 g/mol. The van der Waals surface area contributed by atoms with Crippen molar-refractivity contribution in [3.05, 3.63) is 42.0 Å². The molecule has 2 heterocycles. The maximum absolute atomic E-state index is 12.8. The Hall–Kier alpha value is -2.42. The quantitative estimate of drug-likeness (QED) is 0.662. The van der Waals surface area contributed by atoms with E-state index in [0.29, 0.717) is 6.54 Å². The van der Waals surface area contributed by atoms with Crippen LogP contribution in [0.1, 0.15) is 11.4 Å². The van der Waals surface area contributed by atoms with Crippen LogP contribution in [0.3, 0.4) is 0 Å². The summed E-state index contributed by atoms with van der Waals surface area (Å²) in [5.74, 6) is 3.92. The summed E-state index contributed by atoms with van der Waals surface area (Å²) in [5.41, 5.74) is 3.00. The zero-order valence-corrected chi connectivity index (χ0v) is 11.1. The van der Waals surface area contributed by atoms with Crippen LogP contribution in [0.2, 0.25) is 0 Å². The molecule has 0 radical (unpaired) electrons. The standard InChI is InChI=1S/C12H13F3N6/c1-21(7-8-2-4-17-5-3-8)10-6-9(20-16)18-11(19-10)12(13,14)15/h2-6H,7,16H2,1H3,(H,18,19,20). The monoisotopic (exact) mass is 298 g/mol. The topological polar surface area (TPSA) is 80.0 Å². The molecule has 0 amide bonds. The predicted octanol–water partition coefficient (Wildman–Crippen LogP) is 1.81. The first-order valence-electron chi connectivity index (χ1n) is 5.93. The van der Waals surface area contributed by atoms with Crippen molar-refractivity contribution in [2.75, 3.05) is 17.4 Å². The Kier molecular flexibility index (Phi) is 4.22. The molecule has 2 aromatic rings. The Bertz CT molecular complexity index is 602. The molecule has 0 bridgehead atoms. The van der Waals surface area contributed by atoms with Crippen molar-refractivity contribution in [1.82, 2.24) is 15.0 Å². The molecule has 0 atom stereocenters. The third kappa shape index (κ3) is 3.78. The lowest BCUT2D eigenvalue weighted by Gasteiger charge is -2.20. The third-order valence-electron chi connectivity index (χ3n) is 2.67. The number of hydrazine groups is 1. The molecular formula is C12H13F3N6. The van der Waals surface area contributed by atoms with E-state index in [-0.39, 0.29) is 11.6 Å². The number of alkyl halides is 3. The molecule has 0 aromatic carbocycles. The van der Waals surface area contributed by atoms with Crippen LogP contribution in [0.15, 0.2) is 30.6 Å². The van der Waals surface area contributed by atoms with Crippen molar-refractivity contribution in [3.63, 3.8) is 0 Å². The van der Waals surface area contributed by atoms with Crippen LogP contribution >= 0.6 is 0 Å². The van der Waals surface area contributed by atoms with Gasteiger partial charge in [-0.1, -0.05) is 0 Å². The summed E-state index contributed by atoms with van der Waals surface area (Å²) in [6.45, 7) is 0.376. The van der Waals surface area contributed by atoms with Gasteiger partial charge in [0.2, 0.25) is 5.82 Å². The molecule has 112 valence electrons.